The van der Waals surface area contributed by atoms with Crippen LogP contribution in [-0.4, -0.2) is 16.6 Å². The molecule has 2 aromatic rings. The summed E-state index contributed by atoms with van der Waals surface area (Å²) in [6.45, 7) is 23.1. The first-order valence-electron chi connectivity index (χ1n) is 14.0. The van der Waals surface area contributed by atoms with Gasteiger partial charge in [-0.1, -0.05) is 0 Å². The van der Waals surface area contributed by atoms with Gasteiger partial charge < -0.3 is 0 Å². The summed E-state index contributed by atoms with van der Waals surface area (Å²) in [5.74, 6) is 0. The minimum absolute atomic E-state index is 0.0350. The van der Waals surface area contributed by atoms with Gasteiger partial charge in [-0.05, 0) is 0 Å². The minimum atomic E-state index is -3.03. The van der Waals surface area contributed by atoms with Gasteiger partial charge in [0.1, 0.15) is 0 Å². The van der Waals surface area contributed by atoms with Crippen LogP contribution in [0.3, 0.4) is 0 Å². The quantitative estimate of drug-likeness (QED) is 0.259. The second kappa shape index (κ2) is 10.8. The van der Waals surface area contributed by atoms with Gasteiger partial charge in [0, 0.05) is 0 Å². The molecule has 4 rings (SSSR count). The number of hydrogen-bond donors (Lipinski definition) is 0. The van der Waals surface area contributed by atoms with Gasteiger partial charge in [-0.2, -0.15) is 0 Å². The second-order valence-corrected chi connectivity index (χ2v) is 32.8. The summed E-state index contributed by atoms with van der Waals surface area (Å²) in [7, 11) is 10.1. The molecule has 39 heavy (non-hydrogen) atoms. The van der Waals surface area contributed by atoms with Crippen LogP contribution >= 0.6 is 17.0 Å². The molecular weight excluding hydrogens is 635 g/mol. The van der Waals surface area contributed by atoms with E-state index in [0.29, 0.717) is 6.42 Å². The molecule has 0 saturated carbocycles. The number of fused-ring (bicyclic) bond motifs is 2. The Bertz CT molecular complexity index is 1280. The molecule has 0 amide bonds. The molecule has 0 saturated heterocycles. The van der Waals surface area contributed by atoms with Gasteiger partial charge in [0.05, 0.1) is 0 Å². The van der Waals surface area contributed by atoms with E-state index in [1.165, 1.54) is 22.3 Å². The predicted molar refractivity (Wildman–Crippen MR) is 171 cm³/mol. The van der Waals surface area contributed by atoms with Crippen molar-refractivity contribution in [3.05, 3.63) is 82.9 Å². The molecule has 0 spiro atoms. The normalized spacial score (nSPS) is 23.6. The van der Waals surface area contributed by atoms with Crippen LogP contribution in [0.2, 0.25) is 39.9 Å². The van der Waals surface area contributed by atoms with Crippen molar-refractivity contribution in [1.82, 2.24) is 0 Å². The van der Waals surface area contributed by atoms with E-state index >= 15 is 0 Å². The van der Waals surface area contributed by atoms with Gasteiger partial charge in [-0.15, -0.1) is 0 Å². The summed E-state index contributed by atoms with van der Waals surface area (Å²) in [6, 6.07) is 17.2. The van der Waals surface area contributed by atoms with Crippen molar-refractivity contribution in [3.8, 4) is 0 Å². The topological polar surface area (TPSA) is 18.5 Å². The molecule has 0 fully saturated rings. The first-order valence-corrected chi connectivity index (χ1v) is 27.6. The molecule has 2 aromatic carbocycles. The fraction of sp³-hybridized carbons (Fsp3) is 0.500. The molecule has 3 atom stereocenters. The molecule has 7 heteroatoms. The third kappa shape index (κ3) is 5.85. The van der Waals surface area contributed by atoms with Crippen LogP contribution in [0.1, 0.15) is 70.2 Å². The van der Waals surface area contributed by atoms with Crippen molar-refractivity contribution in [2.24, 2.45) is 0 Å². The summed E-state index contributed by atoms with van der Waals surface area (Å²) in [5.41, 5.74) is 3.54. The number of rotatable bonds is 8. The monoisotopic (exact) mass is 677 g/mol. The van der Waals surface area contributed by atoms with Crippen molar-refractivity contribution in [2.75, 3.05) is 0 Å². The zero-order valence-corrected chi connectivity index (χ0v) is 31.3. The van der Waals surface area contributed by atoms with Crippen molar-refractivity contribution < 1.29 is 28.2 Å². The van der Waals surface area contributed by atoms with E-state index in [2.05, 4.69) is 141 Å². The Morgan fingerprint density at radius 3 is 1.72 bits per heavy atom. The Morgan fingerprint density at radius 2 is 1.18 bits per heavy atom. The van der Waals surface area contributed by atoms with Gasteiger partial charge in [0.15, 0.2) is 0 Å². The van der Waals surface area contributed by atoms with Crippen LogP contribution < -0.4 is 0 Å². The van der Waals surface area contributed by atoms with Gasteiger partial charge in [-0.3, -0.25) is 0 Å². The summed E-state index contributed by atoms with van der Waals surface area (Å²) in [4.78, 5) is 0. The van der Waals surface area contributed by atoms with Gasteiger partial charge in [0.25, 0.3) is 0 Å². The molecule has 2 aliphatic carbocycles. The molecule has 2 aliphatic rings. The van der Waals surface area contributed by atoms with Crippen LogP contribution in [0.4, 0.5) is 0 Å². The van der Waals surface area contributed by atoms with E-state index in [1.54, 1.807) is 0 Å². The summed E-state index contributed by atoms with van der Waals surface area (Å²) in [6.07, 6.45) is 9.70. The Kier molecular flexibility index (Phi) is 8.75. The summed E-state index contributed by atoms with van der Waals surface area (Å²) >= 11 is -3.03. The van der Waals surface area contributed by atoms with Crippen molar-refractivity contribution >= 4 is 45.8 Å². The average molecular weight is 680 g/mol. The van der Waals surface area contributed by atoms with E-state index < -0.39 is 47.2 Å². The van der Waals surface area contributed by atoms with Crippen LogP contribution in [0.5, 0.6) is 0 Å². The van der Waals surface area contributed by atoms with Crippen LogP contribution in [0.15, 0.2) is 60.7 Å². The van der Waals surface area contributed by atoms with Crippen molar-refractivity contribution in [3.63, 3.8) is 0 Å². The van der Waals surface area contributed by atoms with Crippen LogP contribution in [-0.2, 0) is 39.4 Å². The number of halogens is 2. The maximum absolute atomic E-state index is 7.51. The van der Waals surface area contributed by atoms with Crippen LogP contribution in [0, 0.1) is 0 Å². The fourth-order valence-electron chi connectivity index (χ4n) is 5.29. The Balaban J connectivity index is 1.91. The SMILES string of the molecule is CC(C)(C)[Si](C)(C)OC1(C[CH]([Zr]([Cl])[Cl])C2(O[Si](C)(C)C(C)(C)C)C=Cc3ccccc32)C=Cc2ccccc21. The fourth-order valence-corrected chi connectivity index (χ4v) is 14.0. The molecule has 211 valence electrons. The van der Waals surface area contributed by atoms with E-state index in [-0.39, 0.29) is 13.7 Å². The molecule has 0 bridgehead atoms. The Morgan fingerprint density at radius 1 is 0.718 bits per heavy atom. The van der Waals surface area contributed by atoms with Gasteiger partial charge in [-0.25, -0.2) is 0 Å². The first kappa shape index (κ1) is 31.7. The van der Waals surface area contributed by atoms with Crippen molar-refractivity contribution in [2.45, 2.75) is 99.1 Å². The molecule has 2 nitrogen and oxygen atoms in total. The van der Waals surface area contributed by atoms with E-state index in [1.807, 2.05) is 0 Å². The second-order valence-electron chi connectivity index (χ2n) is 14.3. The third-order valence-electron chi connectivity index (χ3n) is 9.60. The van der Waals surface area contributed by atoms with Crippen LogP contribution in [0.25, 0.3) is 12.2 Å². The van der Waals surface area contributed by atoms with E-state index in [0.717, 1.165) is 0 Å². The molecule has 0 N–H and O–H groups in total. The zero-order chi connectivity index (χ0) is 29.1. The van der Waals surface area contributed by atoms with E-state index in [4.69, 9.17) is 25.9 Å². The zero-order valence-electron chi connectivity index (χ0n) is 25.3. The van der Waals surface area contributed by atoms with Crippen molar-refractivity contribution in [1.29, 1.82) is 0 Å². The third-order valence-corrected chi connectivity index (χ3v) is 24.5. The molecule has 0 aliphatic heterocycles. The molecule has 0 radical (unpaired) electrons. The summed E-state index contributed by atoms with van der Waals surface area (Å²) < 4.78 is 14.9. The first-order chi connectivity index (χ1) is 17.9. The average Bonchev–Trinajstić information content (AvgIpc) is 3.35. The Labute approximate surface area is 254 Å². The van der Waals surface area contributed by atoms with E-state index in [9.17, 15) is 0 Å². The van der Waals surface area contributed by atoms with Gasteiger partial charge in [0.2, 0.25) is 0 Å². The Hall–Kier alpha value is -0.263. The summed E-state index contributed by atoms with van der Waals surface area (Å²) in [5, 5.41) is 0.0901. The standard InChI is InChI=1S/C32H45O2Si2.2ClH.Zr/c1-29(2,3)35(7,8)33-31(21-19-25-15-11-13-17-27(25)31)23-24-32(34-36(9,10)30(4,5)6)22-20-26-16-12-14-18-28(26)32;;;/h11-23H,24H2,1-10H3;2*1H;/q;;;+2/p-2. The predicted octanol–water partition coefficient (Wildman–Crippen LogP) is 11.0. The number of hydrogen-bond acceptors (Lipinski definition) is 2. The molecule has 0 heterocycles. The molecule has 0 aromatic heterocycles. The molecule has 3 unspecified atom stereocenters. The maximum atomic E-state index is 7.51. The molecular formula is C32H45Cl2O2Si2Zr. The number of benzene rings is 2. The van der Waals surface area contributed by atoms with Gasteiger partial charge >= 0.3 is 256 Å².